The topological polar surface area (TPSA) is 107 Å². The third-order valence-electron chi connectivity index (χ3n) is 5.78. The van der Waals surface area contributed by atoms with Gasteiger partial charge in [-0.2, -0.15) is 17.9 Å². The Morgan fingerprint density at radius 1 is 1.23 bits per heavy atom. The first-order valence-corrected chi connectivity index (χ1v) is 11.9. The molecule has 4 rings (SSSR count). The quantitative estimate of drug-likeness (QED) is 0.521. The van der Waals surface area contributed by atoms with E-state index in [1.165, 1.54) is 6.92 Å². The highest BCUT2D eigenvalue weighted by Gasteiger charge is 2.48. The monoisotopic (exact) mass is 515 g/mol. The van der Waals surface area contributed by atoms with Crippen molar-refractivity contribution in [3.05, 3.63) is 65.4 Å². The van der Waals surface area contributed by atoms with E-state index in [9.17, 15) is 35.2 Å². The highest BCUT2D eigenvalue weighted by Crippen LogP contribution is 2.39. The van der Waals surface area contributed by atoms with E-state index in [4.69, 9.17) is 0 Å². The van der Waals surface area contributed by atoms with E-state index in [1.54, 1.807) is 0 Å². The first-order valence-electron chi connectivity index (χ1n) is 10.3. The van der Waals surface area contributed by atoms with Crippen LogP contribution in [0, 0.1) is 11.6 Å². The maximum absolute atomic E-state index is 14.7. The van der Waals surface area contributed by atoms with Crippen molar-refractivity contribution in [2.24, 2.45) is 0 Å². The van der Waals surface area contributed by atoms with Gasteiger partial charge in [-0.05, 0) is 31.4 Å². The fraction of sp³-hybridized carbons (Fsp3) is 0.333. The molecule has 1 N–H and O–H groups in total. The Morgan fingerprint density at radius 2 is 1.97 bits per heavy atom. The number of benzene rings is 1. The van der Waals surface area contributed by atoms with Crippen LogP contribution in [0.25, 0.3) is 5.82 Å². The third kappa shape index (κ3) is 4.61. The number of sulfone groups is 1. The lowest BCUT2D eigenvalue weighted by Crippen LogP contribution is -2.29. The lowest BCUT2D eigenvalue weighted by molar-refractivity contribution is -0.140. The summed E-state index contributed by atoms with van der Waals surface area (Å²) in [6, 6.07) is 3.47. The van der Waals surface area contributed by atoms with Gasteiger partial charge in [-0.1, -0.05) is 12.1 Å². The van der Waals surface area contributed by atoms with E-state index >= 15 is 0 Å². The van der Waals surface area contributed by atoms with Crippen molar-refractivity contribution in [1.82, 2.24) is 19.7 Å². The average Bonchev–Trinajstić information content (AvgIpc) is 3.34. The minimum absolute atomic E-state index is 0.00342. The van der Waals surface area contributed by atoms with Gasteiger partial charge < -0.3 is 5.32 Å². The molecule has 8 nitrogen and oxygen atoms in total. The van der Waals surface area contributed by atoms with Gasteiger partial charge in [-0.3, -0.25) is 4.79 Å². The predicted molar refractivity (Wildman–Crippen MR) is 113 cm³/mol. The second kappa shape index (κ2) is 8.66. The fourth-order valence-electron chi connectivity index (χ4n) is 3.82. The Morgan fingerprint density at radius 3 is 2.60 bits per heavy atom. The van der Waals surface area contributed by atoms with Crippen molar-refractivity contribution in [2.45, 2.75) is 37.1 Å². The zero-order valence-corrected chi connectivity index (χ0v) is 18.9. The summed E-state index contributed by atoms with van der Waals surface area (Å²) in [5, 5.41) is 6.33. The van der Waals surface area contributed by atoms with Gasteiger partial charge in [-0.15, -0.1) is 5.10 Å². The van der Waals surface area contributed by atoms with Crippen LogP contribution in [0.2, 0.25) is 0 Å². The number of anilines is 1. The summed E-state index contributed by atoms with van der Waals surface area (Å²) in [4.78, 5) is 20.1. The van der Waals surface area contributed by atoms with Gasteiger partial charge in [0, 0.05) is 6.07 Å². The van der Waals surface area contributed by atoms with E-state index in [2.05, 4.69) is 20.4 Å². The normalized spacial score (nSPS) is 19.6. The van der Waals surface area contributed by atoms with Gasteiger partial charge in [0.2, 0.25) is 5.91 Å². The molecule has 0 spiro atoms. The Kier molecular flexibility index (Phi) is 6.11. The van der Waals surface area contributed by atoms with Gasteiger partial charge in [0.1, 0.15) is 16.9 Å². The highest BCUT2D eigenvalue weighted by atomic mass is 32.2. The summed E-state index contributed by atoms with van der Waals surface area (Å²) in [6.45, 7) is 1.50. The lowest BCUT2D eigenvalue weighted by Gasteiger charge is -2.18. The van der Waals surface area contributed by atoms with E-state index in [-0.39, 0.29) is 23.1 Å². The molecule has 0 aliphatic carbocycles. The molecule has 0 unspecified atom stereocenters. The zero-order chi connectivity index (χ0) is 25.6. The van der Waals surface area contributed by atoms with Crippen LogP contribution in [-0.4, -0.2) is 39.8 Å². The van der Waals surface area contributed by atoms with Crippen molar-refractivity contribution in [3.63, 3.8) is 0 Å². The Labute approximate surface area is 196 Å². The molecule has 1 aromatic carbocycles. The first kappa shape index (κ1) is 24.7. The van der Waals surface area contributed by atoms with Crippen molar-refractivity contribution < 1.29 is 35.2 Å². The van der Waals surface area contributed by atoms with E-state index in [1.807, 2.05) is 0 Å². The molecule has 0 saturated carbocycles. The van der Waals surface area contributed by atoms with Crippen molar-refractivity contribution >= 4 is 21.4 Å². The minimum Gasteiger partial charge on any atom is -0.324 e. The third-order valence-corrected chi connectivity index (χ3v) is 8.36. The maximum Gasteiger partial charge on any atom is 0.419 e. The van der Waals surface area contributed by atoms with Gasteiger partial charge >= 0.3 is 6.18 Å². The van der Waals surface area contributed by atoms with Gasteiger partial charge in [-0.25, -0.2) is 27.2 Å². The molecule has 1 fully saturated rings. The number of rotatable bonds is 5. The molecule has 3 aromatic rings. The number of aromatic nitrogens is 4. The van der Waals surface area contributed by atoms with Crippen molar-refractivity contribution in [2.75, 3.05) is 11.1 Å². The predicted octanol–water partition coefficient (Wildman–Crippen LogP) is 3.56. The largest absolute Gasteiger partial charge is 0.419 e. The zero-order valence-electron chi connectivity index (χ0n) is 18.1. The number of pyridine rings is 1. The number of hydrogen-bond acceptors (Lipinski definition) is 6. The average molecular weight is 515 g/mol. The molecule has 1 amide bonds. The molecule has 186 valence electrons. The summed E-state index contributed by atoms with van der Waals surface area (Å²) in [5.41, 5.74) is -2.10. The standard InChI is InChI=1S/C21H18F5N5O3S/c1-20(6-3-7-35(20,33)34)19-28-11-31(30-19)18-15(22)9-13(10-27-18)29-16(32)8-12-4-2-5-14(17(12)23)21(24,25)26/h2,4-5,9-11H,3,6-8H2,1H3,(H,29,32)/t20-/m1/s1. The molecule has 14 heteroatoms. The second-order valence-corrected chi connectivity index (χ2v) is 10.7. The molecule has 1 aliphatic heterocycles. The number of nitrogens with one attached hydrogen (secondary N) is 1. The molecule has 3 heterocycles. The molecule has 1 atom stereocenters. The molecular formula is C21H18F5N5O3S. The number of amides is 1. The van der Waals surface area contributed by atoms with Gasteiger partial charge in [0.25, 0.3) is 0 Å². The van der Waals surface area contributed by atoms with Gasteiger partial charge in [0.05, 0.1) is 29.6 Å². The SMILES string of the molecule is C[C@]1(c2ncn(-c3ncc(NC(=O)Cc4cccc(C(F)(F)F)c4F)cc3F)n2)CCCS1(=O)=O. The number of alkyl halides is 3. The van der Waals surface area contributed by atoms with Crippen LogP contribution in [0.4, 0.5) is 27.6 Å². The lowest BCUT2D eigenvalue weighted by atomic mass is 10.1. The van der Waals surface area contributed by atoms with E-state index < -0.39 is 55.8 Å². The van der Waals surface area contributed by atoms with Crippen molar-refractivity contribution in [1.29, 1.82) is 0 Å². The molecule has 35 heavy (non-hydrogen) atoms. The molecule has 0 bridgehead atoms. The number of nitrogens with zero attached hydrogens (tertiary/aromatic N) is 4. The fourth-order valence-corrected chi connectivity index (χ4v) is 5.62. The summed E-state index contributed by atoms with van der Waals surface area (Å²) >= 11 is 0. The molecule has 2 aromatic heterocycles. The van der Waals surface area contributed by atoms with Crippen LogP contribution in [0.1, 0.15) is 36.7 Å². The Hall–Kier alpha value is -3.42. The number of carbonyl (C=O) groups is 1. The minimum atomic E-state index is -4.92. The summed E-state index contributed by atoms with van der Waals surface area (Å²) in [6.07, 6.45) is -2.67. The molecule has 1 saturated heterocycles. The van der Waals surface area contributed by atoms with E-state index in [0.29, 0.717) is 18.9 Å². The van der Waals surface area contributed by atoms with Gasteiger partial charge in [0.15, 0.2) is 27.3 Å². The van der Waals surface area contributed by atoms with Crippen LogP contribution in [-0.2, 0) is 32.0 Å². The van der Waals surface area contributed by atoms with Crippen LogP contribution in [0.5, 0.6) is 0 Å². The summed E-state index contributed by atoms with van der Waals surface area (Å²) in [7, 11) is -3.47. The highest BCUT2D eigenvalue weighted by molar-refractivity contribution is 7.92. The first-order chi connectivity index (χ1) is 16.3. The number of carbonyl (C=O) groups excluding carboxylic acids is 1. The van der Waals surface area contributed by atoms with Crippen molar-refractivity contribution in [3.8, 4) is 5.82 Å². The number of hydrogen-bond donors (Lipinski definition) is 1. The number of halogens is 5. The summed E-state index contributed by atoms with van der Waals surface area (Å²) in [5.74, 6) is -3.69. The van der Waals surface area contributed by atoms with E-state index in [0.717, 1.165) is 35.4 Å². The summed E-state index contributed by atoms with van der Waals surface area (Å²) < 4.78 is 91.8. The Bertz CT molecular complexity index is 1410. The van der Waals surface area contributed by atoms with Crippen LogP contribution in [0.3, 0.4) is 0 Å². The Balaban J connectivity index is 1.50. The van der Waals surface area contributed by atoms with Crippen LogP contribution >= 0.6 is 0 Å². The van der Waals surface area contributed by atoms with Crippen LogP contribution < -0.4 is 5.32 Å². The molecule has 0 radical (unpaired) electrons. The molecular weight excluding hydrogens is 497 g/mol. The maximum atomic E-state index is 14.7. The second-order valence-electron chi connectivity index (χ2n) is 8.20. The smallest absolute Gasteiger partial charge is 0.324 e. The van der Waals surface area contributed by atoms with Crippen LogP contribution in [0.15, 0.2) is 36.8 Å². The molecule has 1 aliphatic rings.